The van der Waals surface area contributed by atoms with Gasteiger partial charge in [-0.05, 0) is 38.4 Å². The molecule has 0 unspecified atom stereocenters. The lowest BCUT2D eigenvalue weighted by Gasteiger charge is -2.35. The van der Waals surface area contributed by atoms with Crippen molar-refractivity contribution in [2.75, 3.05) is 32.7 Å². The number of rotatable bonds is 3. The first-order valence-electron chi connectivity index (χ1n) is 6.50. The van der Waals surface area contributed by atoms with Gasteiger partial charge in [0.15, 0.2) is 0 Å². The summed E-state index contributed by atoms with van der Waals surface area (Å²) in [5, 5.41) is 2.38. The van der Waals surface area contributed by atoms with E-state index in [4.69, 9.17) is 0 Å². The Morgan fingerprint density at radius 1 is 1.24 bits per heavy atom. The number of hydrogen-bond acceptors (Lipinski definition) is 3. The molecule has 5 heteroatoms. The smallest absolute Gasteiger partial charge is 0.324 e. The van der Waals surface area contributed by atoms with Gasteiger partial charge in [0.25, 0.3) is 0 Å². The zero-order valence-corrected chi connectivity index (χ0v) is 10.4. The molecule has 0 bridgehead atoms. The van der Waals surface area contributed by atoms with Crippen LogP contribution in [0.4, 0.5) is 4.79 Å². The predicted octanol–water partition coefficient (Wildman–Crippen LogP) is 0.660. The average Bonchev–Trinajstić information content (AvgIpc) is 2.34. The van der Waals surface area contributed by atoms with Gasteiger partial charge in [-0.1, -0.05) is 6.92 Å². The number of urea groups is 1. The van der Waals surface area contributed by atoms with Crippen molar-refractivity contribution >= 4 is 11.9 Å². The van der Waals surface area contributed by atoms with Crippen LogP contribution in [-0.2, 0) is 4.79 Å². The van der Waals surface area contributed by atoms with Gasteiger partial charge in [-0.25, -0.2) is 4.79 Å². The molecule has 96 valence electrons. The highest BCUT2D eigenvalue weighted by Gasteiger charge is 2.27. The maximum Gasteiger partial charge on any atom is 0.324 e. The summed E-state index contributed by atoms with van der Waals surface area (Å²) in [6, 6.07) is -0.209. The van der Waals surface area contributed by atoms with Crippen LogP contribution in [0.1, 0.15) is 26.2 Å². The van der Waals surface area contributed by atoms with Gasteiger partial charge in [0.2, 0.25) is 5.91 Å². The Kier molecular flexibility index (Phi) is 3.99. The van der Waals surface area contributed by atoms with Crippen LogP contribution >= 0.6 is 0 Å². The van der Waals surface area contributed by atoms with E-state index in [9.17, 15) is 9.59 Å². The lowest BCUT2D eigenvalue weighted by atomic mass is 9.96. The number of likely N-dealkylation sites (tertiary alicyclic amines) is 1. The predicted molar refractivity (Wildman–Crippen MR) is 64.6 cm³/mol. The SMILES string of the molecule is CCN1CCC(CN2CCC(=O)NC2=O)CC1. The molecule has 2 aliphatic rings. The van der Waals surface area contributed by atoms with Crippen molar-refractivity contribution in [3.05, 3.63) is 0 Å². The molecule has 2 saturated heterocycles. The average molecular weight is 239 g/mol. The lowest BCUT2D eigenvalue weighted by molar-refractivity contribution is -0.121. The fraction of sp³-hybridized carbons (Fsp3) is 0.833. The molecular formula is C12H21N3O2. The summed E-state index contributed by atoms with van der Waals surface area (Å²) < 4.78 is 0. The van der Waals surface area contributed by atoms with Gasteiger partial charge in [-0.2, -0.15) is 0 Å². The number of nitrogens with zero attached hydrogens (tertiary/aromatic N) is 2. The van der Waals surface area contributed by atoms with Crippen molar-refractivity contribution in [3.63, 3.8) is 0 Å². The molecule has 5 nitrogen and oxygen atoms in total. The number of piperidine rings is 1. The monoisotopic (exact) mass is 239 g/mol. The number of nitrogens with one attached hydrogen (secondary N) is 1. The van der Waals surface area contributed by atoms with E-state index in [1.165, 1.54) is 0 Å². The van der Waals surface area contributed by atoms with Crippen LogP contribution in [0.25, 0.3) is 0 Å². The number of hydrogen-bond donors (Lipinski definition) is 1. The molecule has 0 aromatic heterocycles. The highest BCUT2D eigenvalue weighted by molar-refractivity contribution is 5.96. The van der Waals surface area contributed by atoms with E-state index < -0.39 is 0 Å². The van der Waals surface area contributed by atoms with Crippen molar-refractivity contribution in [3.8, 4) is 0 Å². The topological polar surface area (TPSA) is 52.6 Å². The molecule has 2 rings (SSSR count). The third-order valence-electron chi connectivity index (χ3n) is 3.78. The third kappa shape index (κ3) is 3.19. The number of imide groups is 1. The van der Waals surface area contributed by atoms with Crippen LogP contribution in [0, 0.1) is 5.92 Å². The van der Waals surface area contributed by atoms with Crippen molar-refractivity contribution in [1.29, 1.82) is 0 Å². The van der Waals surface area contributed by atoms with Gasteiger partial charge in [0, 0.05) is 19.5 Å². The Morgan fingerprint density at radius 2 is 1.94 bits per heavy atom. The van der Waals surface area contributed by atoms with Crippen LogP contribution in [0.2, 0.25) is 0 Å². The standard InChI is InChI=1S/C12H21N3O2/c1-2-14-6-3-10(4-7-14)9-15-8-5-11(16)13-12(15)17/h10H,2-9H2,1H3,(H,13,16,17). The first kappa shape index (κ1) is 12.4. The summed E-state index contributed by atoms with van der Waals surface area (Å²) in [4.78, 5) is 26.8. The van der Waals surface area contributed by atoms with Gasteiger partial charge in [0.05, 0.1) is 0 Å². The van der Waals surface area contributed by atoms with E-state index in [-0.39, 0.29) is 11.9 Å². The minimum atomic E-state index is -0.209. The molecule has 0 saturated carbocycles. The molecule has 0 aliphatic carbocycles. The van der Waals surface area contributed by atoms with E-state index >= 15 is 0 Å². The van der Waals surface area contributed by atoms with E-state index in [1.807, 2.05) is 0 Å². The molecule has 2 fully saturated rings. The number of carbonyl (C=O) groups excluding carboxylic acids is 2. The van der Waals surface area contributed by atoms with Gasteiger partial charge >= 0.3 is 6.03 Å². The van der Waals surface area contributed by atoms with E-state index in [2.05, 4.69) is 17.1 Å². The molecule has 0 atom stereocenters. The van der Waals surface area contributed by atoms with E-state index in [1.54, 1.807) is 4.90 Å². The van der Waals surface area contributed by atoms with Crippen LogP contribution in [0.3, 0.4) is 0 Å². The zero-order chi connectivity index (χ0) is 12.3. The van der Waals surface area contributed by atoms with Crippen molar-refractivity contribution in [2.24, 2.45) is 5.92 Å². The second-order valence-electron chi connectivity index (χ2n) is 4.93. The summed E-state index contributed by atoms with van der Waals surface area (Å²) in [6.07, 6.45) is 2.76. The maximum atomic E-state index is 11.6. The molecule has 0 spiro atoms. The van der Waals surface area contributed by atoms with Crippen molar-refractivity contribution < 1.29 is 9.59 Å². The van der Waals surface area contributed by atoms with Crippen molar-refractivity contribution in [2.45, 2.75) is 26.2 Å². The Bertz CT molecular complexity index is 298. The Labute approximate surface area is 102 Å². The highest BCUT2D eigenvalue weighted by Crippen LogP contribution is 2.19. The molecule has 2 heterocycles. The second-order valence-corrected chi connectivity index (χ2v) is 4.93. The normalized spacial score (nSPS) is 23.9. The minimum absolute atomic E-state index is 0.146. The van der Waals surface area contributed by atoms with Gasteiger partial charge < -0.3 is 9.80 Å². The quantitative estimate of drug-likeness (QED) is 0.787. The van der Waals surface area contributed by atoms with Gasteiger partial charge in [-0.3, -0.25) is 10.1 Å². The molecule has 0 aromatic rings. The summed E-state index contributed by atoms with van der Waals surface area (Å²) in [5.74, 6) is 0.448. The van der Waals surface area contributed by atoms with Crippen LogP contribution < -0.4 is 5.32 Å². The van der Waals surface area contributed by atoms with Gasteiger partial charge in [0.1, 0.15) is 0 Å². The molecule has 2 aliphatic heterocycles. The largest absolute Gasteiger partial charge is 0.324 e. The van der Waals surface area contributed by atoms with Crippen LogP contribution in [0.5, 0.6) is 0 Å². The lowest BCUT2D eigenvalue weighted by Crippen LogP contribution is -2.51. The van der Waals surface area contributed by atoms with Crippen molar-refractivity contribution in [1.82, 2.24) is 15.1 Å². The molecule has 3 amide bonds. The number of amides is 3. The first-order chi connectivity index (χ1) is 8.19. The molecule has 1 N–H and O–H groups in total. The summed E-state index contributed by atoms with van der Waals surface area (Å²) >= 11 is 0. The Morgan fingerprint density at radius 3 is 2.53 bits per heavy atom. The highest BCUT2D eigenvalue weighted by atomic mass is 16.2. The van der Waals surface area contributed by atoms with Crippen LogP contribution in [-0.4, -0.2) is 54.5 Å². The third-order valence-corrected chi connectivity index (χ3v) is 3.78. The van der Waals surface area contributed by atoms with Crippen LogP contribution in [0.15, 0.2) is 0 Å². The fourth-order valence-corrected chi connectivity index (χ4v) is 2.57. The number of carbonyl (C=O) groups is 2. The molecule has 0 aromatic carbocycles. The fourth-order valence-electron chi connectivity index (χ4n) is 2.57. The molecule has 17 heavy (non-hydrogen) atoms. The first-order valence-corrected chi connectivity index (χ1v) is 6.50. The summed E-state index contributed by atoms with van der Waals surface area (Å²) in [6.45, 7) is 6.95. The van der Waals surface area contributed by atoms with E-state index in [0.29, 0.717) is 18.9 Å². The maximum absolute atomic E-state index is 11.6. The van der Waals surface area contributed by atoms with Gasteiger partial charge in [-0.15, -0.1) is 0 Å². The Hall–Kier alpha value is -1.10. The zero-order valence-electron chi connectivity index (χ0n) is 10.4. The summed E-state index contributed by atoms with van der Waals surface area (Å²) in [5.41, 5.74) is 0. The molecule has 0 radical (unpaired) electrons. The minimum Gasteiger partial charge on any atom is -0.324 e. The Balaban J connectivity index is 1.78. The summed E-state index contributed by atoms with van der Waals surface area (Å²) in [7, 11) is 0. The van der Waals surface area contributed by atoms with E-state index in [0.717, 1.165) is 39.0 Å². The molecular weight excluding hydrogens is 218 g/mol. The second kappa shape index (κ2) is 5.49.